The number of hydrogen-bond acceptors (Lipinski definition) is 2. The molecule has 1 heterocycles. The van der Waals surface area contributed by atoms with Gasteiger partial charge in [0.05, 0.1) is 22.8 Å². The molecule has 0 atom stereocenters. The second-order valence-electron chi connectivity index (χ2n) is 4.53. The maximum atomic E-state index is 12.2. The predicted molar refractivity (Wildman–Crippen MR) is 77.2 cm³/mol. The molecule has 0 N–H and O–H groups in total. The van der Waals surface area contributed by atoms with E-state index >= 15 is 0 Å². The molecular formula is C14H14Cl2N2O. The maximum Gasteiger partial charge on any atom is 0.168 e. The summed E-state index contributed by atoms with van der Waals surface area (Å²) in [6.45, 7) is 3.72. The van der Waals surface area contributed by atoms with Crippen LogP contribution in [0.5, 0.6) is 0 Å². The summed E-state index contributed by atoms with van der Waals surface area (Å²) in [4.78, 5) is 12.2. The van der Waals surface area contributed by atoms with Gasteiger partial charge in [-0.05, 0) is 25.5 Å². The van der Waals surface area contributed by atoms with Gasteiger partial charge in [0.2, 0.25) is 0 Å². The Morgan fingerprint density at radius 3 is 2.53 bits per heavy atom. The number of hydrogen-bond donors (Lipinski definition) is 0. The van der Waals surface area contributed by atoms with Gasteiger partial charge in [0.25, 0.3) is 0 Å². The maximum absolute atomic E-state index is 12.2. The van der Waals surface area contributed by atoms with Crippen molar-refractivity contribution in [1.82, 2.24) is 9.78 Å². The summed E-state index contributed by atoms with van der Waals surface area (Å²) in [6, 6.07) is 5.31. The summed E-state index contributed by atoms with van der Waals surface area (Å²) in [6.07, 6.45) is 0.218. The molecule has 0 saturated heterocycles. The van der Waals surface area contributed by atoms with Gasteiger partial charge in [-0.25, -0.2) is 0 Å². The van der Waals surface area contributed by atoms with Gasteiger partial charge in [-0.1, -0.05) is 35.3 Å². The van der Waals surface area contributed by atoms with Gasteiger partial charge in [-0.3, -0.25) is 9.48 Å². The van der Waals surface area contributed by atoms with Gasteiger partial charge in [0.15, 0.2) is 5.78 Å². The standard InChI is InChI=1S/C14H14Cl2N2O/c1-8-4-5-10(6-11(8)15)13(19)7-12-14(16)9(2)17-18(12)3/h4-6H,7H2,1-3H3. The van der Waals surface area contributed by atoms with Gasteiger partial charge in [-0.2, -0.15) is 5.10 Å². The molecule has 5 heteroatoms. The van der Waals surface area contributed by atoms with Crippen molar-refractivity contribution in [1.29, 1.82) is 0 Å². The highest BCUT2D eigenvalue weighted by Crippen LogP contribution is 2.22. The zero-order valence-electron chi connectivity index (χ0n) is 11.0. The highest BCUT2D eigenvalue weighted by atomic mass is 35.5. The van der Waals surface area contributed by atoms with Crippen LogP contribution in [0.3, 0.4) is 0 Å². The lowest BCUT2D eigenvalue weighted by molar-refractivity contribution is 0.0991. The third-order valence-corrected chi connectivity index (χ3v) is 3.98. The Labute approximate surface area is 122 Å². The Morgan fingerprint density at radius 2 is 2.00 bits per heavy atom. The van der Waals surface area contributed by atoms with E-state index in [9.17, 15) is 4.79 Å². The minimum Gasteiger partial charge on any atom is -0.294 e. The van der Waals surface area contributed by atoms with Crippen molar-refractivity contribution in [2.75, 3.05) is 0 Å². The molecule has 0 bridgehead atoms. The van der Waals surface area contributed by atoms with Crippen molar-refractivity contribution in [3.05, 3.63) is 50.8 Å². The molecule has 0 amide bonds. The minimum absolute atomic E-state index is 0.0215. The molecule has 0 fully saturated rings. The summed E-state index contributed by atoms with van der Waals surface area (Å²) in [7, 11) is 1.78. The van der Waals surface area contributed by atoms with Crippen LogP contribution in [-0.2, 0) is 13.5 Å². The van der Waals surface area contributed by atoms with Crippen LogP contribution in [0.2, 0.25) is 10.0 Å². The zero-order chi connectivity index (χ0) is 14.2. The molecule has 100 valence electrons. The lowest BCUT2D eigenvalue weighted by Crippen LogP contribution is -2.08. The molecule has 0 unspecified atom stereocenters. The summed E-state index contributed by atoms with van der Waals surface area (Å²) < 4.78 is 1.64. The first-order valence-corrected chi connectivity index (χ1v) is 6.63. The van der Waals surface area contributed by atoms with Crippen molar-refractivity contribution in [3.63, 3.8) is 0 Å². The monoisotopic (exact) mass is 296 g/mol. The Hall–Kier alpha value is -1.32. The van der Waals surface area contributed by atoms with Crippen molar-refractivity contribution in [2.45, 2.75) is 20.3 Å². The highest BCUT2D eigenvalue weighted by Gasteiger charge is 2.16. The van der Waals surface area contributed by atoms with E-state index in [2.05, 4.69) is 5.10 Å². The molecule has 1 aromatic heterocycles. The van der Waals surface area contributed by atoms with E-state index in [1.54, 1.807) is 23.9 Å². The Kier molecular flexibility index (Phi) is 3.97. The van der Waals surface area contributed by atoms with Crippen LogP contribution in [0.4, 0.5) is 0 Å². The van der Waals surface area contributed by atoms with Crippen LogP contribution >= 0.6 is 23.2 Å². The van der Waals surface area contributed by atoms with Crippen molar-refractivity contribution in [2.24, 2.45) is 7.05 Å². The van der Waals surface area contributed by atoms with Gasteiger partial charge in [0, 0.05) is 17.6 Å². The highest BCUT2D eigenvalue weighted by molar-refractivity contribution is 6.32. The first-order chi connectivity index (χ1) is 8.90. The van der Waals surface area contributed by atoms with Crippen LogP contribution in [-0.4, -0.2) is 15.6 Å². The molecule has 0 spiro atoms. The second-order valence-corrected chi connectivity index (χ2v) is 5.32. The number of nitrogens with zero attached hydrogens (tertiary/aromatic N) is 2. The van der Waals surface area contributed by atoms with E-state index in [1.165, 1.54) is 0 Å². The van der Waals surface area contributed by atoms with E-state index < -0.39 is 0 Å². The number of Topliss-reactive ketones (excluding diaryl/α,β-unsaturated/α-hetero) is 1. The number of rotatable bonds is 3. The third kappa shape index (κ3) is 2.82. The van der Waals surface area contributed by atoms with Crippen LogP contribution in [0.15, 0.2) is 18.2 Å². The van der Waals surface area contributed by atoms with E-state index in [-0.39, 0.29) is 12.2 Å². The van der Waals surface area contributed by atoms with Crippen LogP contribution in [0, 0.1) is 13.8 Å². The van der Waals surface area contributed by atoms with E-state index in [0.29, 0.717) is 15.6 Å². The van der Waals surface area contributed by atoms with E-state index in [0.717, 1.165) is 17.0 Å². The molecule has 0 aliphatic rings. The Bertz CT molecular complexity index is 647. The fraction of sp³-hybridized carbons (Fsp3) is 0.286. The first-order valence-electron chi connectivity index (χ1n) is 5.87. The number of ketones is 1. The average molecular weight is 297 g/mol. The lowest BCUT2D eigenvalue weighted by atomic mass is 10.0. The third-order valence-electron chi connectivity index (χ3n) is 3.08. The predicted octanol–water partition coefficient (Wildman–Crippen LogP) is 3.77. The van der Waals surface area contributed by atoms with Crippen LogP contribution in [0.1, 0.15) is 27.3 Å². The second kappa shape index (κ2) is 5.35. The molecule has 0 saturated carbocycles. The smallest absolute Gasteiger partial charge is 0.168 e. The first kappa shape index (κ1) is 14.1. The lowest BCUT2D eigenvalue weighted by Gasteiger charge is -2.05. The number of aryl methyl sites for hydroxylation is 3. The van der Waals surface area contributed by atoms with Gasteiger partial charge in [0.1, 0.15) is 0 Å². The van der Waals surface area contributed by atoms with Gasteiger partial charge in [-0.15, -0.1) is 0 Å². The Morgan fingerprint density at radius 1 is 1.32 bits per heavy atom. The van der Waals surface area contributed by atoms with Crippen molar-refractivity contribution < 1.29 is 4.79 Å². The van der Waals surface area contributed by atoms with Crippen LogP contribution in [0.25, 0.3) is 0 Å². The van der Waals surface area contributed by atoms with Crippen molar-refractivity contribution >= 4 is 29.0 Å². The number of carbonyl (C=O) groups excluding carboxylic acids is 1. The molecular weight excluding hydrogens is 283 g/mol. The SMILES string of the molecule is Cc1ccc(C(=O)Cc2c(Cl)c(C)nn2C)cc1Cl. The zero-order valence-corrected chi connectivity index (χ0v) is 12.5. The molecule has 3 nitrogen and oxygen atoms in total. The molecule has 0 aliphatic carbocycles. The molecule has 0 aliphatic heterocycles. The Balaban J connectivity index is 2.28. The topological polar surface area (TPSA) is 34.9 Å². The molecule has 0 radical (unpaired) electrons. The number of carbonyl (C=O) groups is 1. The van der Waals surface area contributed by atoms with E-state index in [4.69, 9.17) is 23.2 Å². The number of benzene rings is 1. The molecule has 19 heavy (non-hydrogen) atoms. The summed E-state index contributed by atoms with van der Waals surface area (Å²) in [5, 5.41) is 5.34. The average Bonchev–Trinajstić information content (AvgIpc) is 2.59. The quantitative estimate of drug-likeness (QED) is 0.808. The number of aromatic nitrogens is 2. The summed E-state index contributed by atoms with van der Waals surface area (Å²) >= 11 is 12.2. The number of halogens is 2. The largest absolute Gasteiger partial charge is 0.294 e. The van der Waals surface area contributed by atoms with E-state index in [1.807, 2.05) is 19.9 Å². The minimum atomic E-state index is -0.0215. The fourth-order valence-corrected chi connectivity index (χ4v) is 2.30. The fourth-order valence-electron chi connectivity index (χ4n) is 1.89. The normalized spacial score (nSPS) is 10.8. The van der Waals surface area contributed by atoms with Gasteiger partial charge >= 0.3 is 0 Å². The van der Waals surface area contributed by atoms with Crippen LogP contribution < -0.4 is 0 Å². The summed E-state index contributed by atoms with van der Waals surface area (Å²) in [5.41, 5.74) is 2.99. The van der Waals surface area contributed by atoms with Gasteiger partial charge < -0.3 is 0 Å². The molecule has 2 rings (SSSR count). The summed E-state index contributed by atoms with van der Waals surface area (Å²) in [5.74, 6) is -0.0215. The van der Waals surface area contributed by atoms with Crippen molar-refractivity contribution in [3.8, 4) is 0 Å². The molecule has 2 aromatic rings. The molecule has 1 aromatic carbocycles.